The number of carbonyl (C=O) groups excluding carboxylic acids is 1. The molecule has 1 atom stereocenters. The minimum absolute atomic E-state index is 0.158. The van der Waals surface area contributed by atoms with Gasteiger partial charge in [0, 0.05) is 24.2 Å². The van der Waals surface area contributed by atoms with Crippen molar-refractivity contribution in [3.05, 3.63) is 35.4 Å². The Morgan fingerprint density at radius 2 is 2.16 bits per heavy atom. The van der Waals surface area contributed by atoms with Crippen LogP contribution in [0.1, 0.15) is 25.5 Å². The van der Waals surface area contributed by atoms with E-state index in [0.29, 0.717) is 6.54 Å². The molecule has 2 rings (SSSR count). The predicted octanol–water partition coefficient (Wildman–Crippen LogP) is 1.77. The number of nitrogens with one attached hydrogen (secondary N) is 1. The molecule has 0 bridgehead atoms. The summed E-state index contributed by atoms with van der Waals surface area (Å²) < 4.78 is 26.8. The Kier molecular flexibility index (Phi) is 3.45. The van der Waals surface area contributed by atoms with Crippen molar-refractivity contribution in [3.8, 4) is 0 Å². The summed E-state index contributed by atoms with van der Waals surface area (Å²) in [5.74, 6) is -1.05. The number of urea groups is 1. The number of amides is 2. The fourth-order valence-electron chi connectivity index (χ4n) is 2.18. The van der Waals surface area contributed by atoms with Crippen molar-refractivity contribution in [2.75, 3.05) is 13.1 Å². The van der Waals surface area contributed by atoms with Gasteiger partial charge in [-0.25, -0.2) is 13.6 Å². The largest absolute Gasteiger partial charge is 0.329 e. The highest BCUT2D eigenvalue weighted by Crippen LogP contribution is 2.24. The zero-order chi connectivity index (χ0) is 14.2. The molecule has 2 amide bonds. The van der Waals surface area contributed by atoms with E-state index in [2.05, 4.69) is 5.32 Å². The molecule has 0 saturated carbocycles. The lowest BCUT2D eigenvalue weighted by atomic mass is 10.1. The van der Waals surface area contributed by atoms with E-state index in [0.717, 1.165) is 18.2 Å². The zero-order valence-electron chi connectivity index (χ0n) is 10.9. The van der Waals surface area contributed by atoms with Crippen LogP contribution >= 0.6 is 0 Å². The first-order chi connectivity index (χ1) is 8.76. The van der Waals surface area contributed by atoms with Gasteiger partial charge in [0.1, 0.15) is 11.6 Å². The quantitative estimate of drug-likeness (QED) is 0.878. The third-order valence-electron chi connectivity index (χ3n) is 2.92. The van der Waals surface area contributed by atoms with Gasteiger partial charge in [-0.15, -0.1) is 0 Å². The van der Waals surface area contributed by atoms with Crippen molar-refractivity contribution >= 4 is 6.03 Å². The monoisotopic (exact) mass is 269 g/mol. The highest BCUT2D eigenvalue weighted by atomic mass is 19.1. The van der Waals surface area contributed by atoms with Crippen LogP contribution in [-0.2, 0) is 0 Å². The Morgan fingerprint density at radius 1 is 1.47 bits per heavy atom. The fraction of sp³-hybridized carbons (Fsp3) is 0.462. The lowest BCUT2D eigenvalue weighted by Gasteiger charge is -2.25. The molecule has 0 aliphatic carbocycles. The number of halogens is 2. The Hall–Kier alpha value is -1.69. The number of hydrogen-bond donors (Lipinski definition) is 2. The summed E-state index contributed by atoms with van der Waals surface area (Å²) >= 11 is 0. The van der Waals surface area contributed by atoms with Crippen molar-refractivity contribution in [3.63, 3.8) is 0 Å². The summed E-state index contributed by atoms with van der Waals surface area (Å²) in [7, 11) is 0. The van der Waals surface area contributed by atoms with E-state index >= 15 is 0 Å². The summed E-state index contributed by atoms with van der Waals surface area (Å²) in [5, 5.41) is 2.64. The molecule has 19 heavy (non-hydrogen) atoms. The summed E-state index contributed by atoms with van der Waals surface area (Å²) in [4.78, 5) is 13.3. The molecule has 4 nitrogen and oxygen atoms in total. The third kappa shape index (κ3) is 3.20. The van der Waals surface area contributed by atoms with E-state index < -0.39 is 23.2 Å². The summed E-state index contributed by atoms with van der Waals surface area (Å²) in [6.45, 7) is 4.23. The van der Waals surface area contributed by atoms with Crippen LogP contribution in [-0.4, -0.2) is 29.6 Å². The fourth-order valence-corrected chi connectivity index (χ4v) is 2.18. The van der Waals surface area contributed by atoms with Gasteiger partial charge in [-0.05, 0) is 32.0 Å². The van der Waals surface area contributed by atoms with E-state index in [9.17, 15) is 13.6 Å². The number of nitrogens with zero attached hydrogens (tertiary/aromatic N) is 1. The van der Waals surface area contributed by atoms with E-state index in [4.69, 9.17) is 5.73 Å². The van der Waals surface area contributed by atoms with E-state index in [1.54, 1.807) is 13.8 Å². The highest BCUT2D eigenvalue weighted by molar-refractivity contribution is 5.77. The smallest absolute Gasteiger partial charge is 0.318 e. The molecular formula is C13H17F2N3O. The van der Waals surface area contributed by atoms with Crippen LogP contribution in [0.2, 0.25) is 0 Å². The molecule has 1 fully saturated rings. The first kappa shape index (κ1) is 13.7. The van der Waals surface area contributed by atoms with Gasteiger partial charge in [0.2, 0.25) is 0 Å². The maximum absolute atomic E-state index is 13.7. The summed E-state index contributed by atoms with van der Waals surface area (Å²) in [6.07, 6.45) is 0. The molecule has 1 heterocycles. The Balaban J connectivity index is 2.16. The average Bonchev–Trinajstić information content (AvgIpc) is 2.61. The Morgan fingerprint density at radius 3 is 2.79 bits per heavy atom. The number of nitrogens with two attached hydrogens (primary N) is 1. The van der Waals surface area contributed by atoms with Crippen molar-refractivity contribution in [1.29, 1.82) is 0 Å². The normalized spacial score (nSPS) is 19.7. The summed E-state index contributed by atoms with van der Waals surface area (Å²) in [5.41, 5.74) is 5.48. The van der Waals surface area contributed by atoms with Crippen LogP contribution in [0.4, 0.5) is 13.6 Å². The first-order valence-corrected chi connectivity index (χ1v) is 6.05. The standard InChI is InChI=1S/C13H17F2N3O/c1-13(2,16)7-18-6-11(17-12(18)19)9-5-8(14)3-4-10(9)15/h3-5,11H,6-7,16H2,1-2H3,(H,17,19). The van der Waals surface area contributed by atoms with Gasteiger partial charge in [-0.2, -0.15) is 0 Å². The van der Waals surface area contributed by atoms with Crippen LogP contribution in [0.15, 0.2) is 18.2 Å². The van der Waals surface area contributed by atoms with Gasteiger partial charge in [-0.3, -0.25) is 0 Å². The number of hydrogen-bond acceptors (Lipinski definition) is 2. The van der Waals surface area contributed by atoms with Gasteiger partial charge in [-0.1, -0.05) is 0 Å². The zero-order valence-corrected chi connectivity index (χ0v) is 10.9. The molecule has 1 aromatic rings. The van der Waals surface area contributed by atoms with E-state index in [1.165, 1.54) is 4.90 Å². The van der Waals surface area contributed by atoms with Gasteiger partial charge >= 0.3 is 6.03 Å². The number of rotatable bonds is 3. The van der Waals surface area contributed by atoms with Crippen LogP contribution in [0.5, 0.6) is 0 Å². The van der Waals surface area contributed by atoms with Crippen LogP contribution in [0.25, 0.3) is 0 Å². The number of carbonyl (C=O) groups is 1. The molecule has 0 radical (unpaired) electrons. The lowest BCUT2D eigenvalue weighted by molar-refractivity contribution is 0.207. The second-order valence-corrected chi connectivity index (χ2v) is 5.54. The molecule has 1 aliphatic rings. The van der Waals surface area contributed by atoms with Crippen molar-refractivity contribution < 1.29 is 13.6 Å². The molecular weight excluding hydrogens is 252 g/mol. The highest BCUT2D eigenvalue weighted by Gasteiger charge is 2.33. The van der Waals surface area contributed by atoms with Gasteiger partial charge in [0.05, 0.1) is 6.04 Å². The maximum Gasteiger partial charge on any atom is 0.318 e. The molecule has 0 aromatic heterocycles. The average molecular weight is 269 g/mol. The Bertz CT molecular complexity index is 499. The Labute approximate surface area is 110 Å². The maximum atomic E-state index is 13.7. The second kappa shape index (κ2) is 4.77. The minimum atomic E-state index is -0.550. The lowest BCUT2D eigenvalue weighted by Crippen LogP contribution is -2.46. The molecule has 1 unspecified atom stereocenters. The predicted molar refractivity (Wildman–Crippen MR) is 67.5 cm³/mol. The molecule has 6 heteroatoms. The van der Waals surface area contributed by atoms with Crippen LogP contribution in [0, 0.1) is 11.6 Å². The first-order valence-electron chi connectivity index (χ1n) is 6.05. The molecule has 1 saturated heterocycles. The molecule has 1 aromatic carbocycles. The number of benzene rings is 1. The topological polar surface area (TPSA) is 58.4 Å². The molecule has 1 aliphatic heterocycles. The van der Waals surface area contributed by atoms with E-state index in [-0.39, 0.29) is 18.1 Å². The van der Waals surface area contributed by atoms with E-state index in [1.807, 2.05) is 0 Å². The summed E-state index contributed by atoms with van der Waals surface area (Å²) in [6, 6.07) is 2.36. The van der Waals surface area contributed by atoms with Crippen molar-refractivity contribution in [2.24, 2.45) is 5.73 Å². The van der Waals surface area contributed by atoms with Gasteiger partial charge in [0.25, 0.3) is 0 Å². The molecule has 0 spiro atoms. The van der Waals surface area contributed by atoms with Gasteiger partial charge < -0.3 is 16.0 Å². The van der Waals surface area contributed by atoms with Crippen molar-refractivity contribution in [2.45, 2.75) is 25.4 Å². The van der Waals surface area contributed by atoms with Crippen LogP contribution < -0.4 is 11.1 Å². The third-order valence-corrected chi connectivity index (χ3v) is 2.92. The van der Waals surface area contributed by atoms with Crippen LogP contribution in [0.3, 0.4) is 0 Å². The van der Waals surface area contributed by atoms with Gasteiger partial charge in [0.15, 0.2) is 0 Å². The SMILES string of the molecule is CC(C)(N)CN1CC(c2cc(F)ccc2F)NC1=O. The second-order valence-electron chi connectivity index (χ2n) is 5.54. The molecule has 104 valence electrons. The molecule has 3 N–H and O–H groups in total. The minimum Gasteiger partial charge on any atom is -0.329 e. The van der Waals surface area contributed by atoms with Crippen molar-refractivity contribution in [1.82, 2.24) is 10.2 Å².